The number of hydrogen-bond acceptors (Lipinski definition) is 4. The SMILES string of the molecule is CCC(C)NC(=O)C(NC(=O)c1ccc(OC)cc1)C1CCN(C(=O)c2ccc(Cl)cc2)CC1. The third-order valence-corrected chi connectivity index (χ3v) is 6.56. The molecule has 7 nitrogen and oxygen atoms in total. The highest BCUT2D eigenvalue weighted by atomic mass is 35.5. The quantitative estimate of drug-likeness (QED) is 0.593. The molecule has 0 aliphatic carbocycles. The molecule has 0 aromatic heterocycles. The van der Waals surface area contributed by atoms with E-state index in [1.54, 1.807) is 60.5 Å². The van der Waals surface area contributed by atoms with Gasteiger partial charge in [-0.1, -0.05) is 18.5 Å². The van der Waals surface area contributed by atoms with Gasteiger partial charge in [0.25, 0.3) is 11.8 Å². The number of likely N-dealkylation sites (tertiary alicyclic amines) is 1. The summed E-state index contributed by atoms with van der Waals surface area (Å²) in [5.74, 6) is 0.00386. The Balaban J connectivity index is 1.69. The van der Waals surface area contributed by atoms with Crippen molar-refractivity contribution in [3.05, 3.63) is 64.7 Å². The number of nitrogens with one attached hydrogen (secondary N) is 2. The summed E-state index contributed by atoms with van der Waals surface area (Å²) in [5.41, 5.74) is 1.04. The monoisotopic (exact) mass is 485 g/mol. The first-order chi connectivity index (χ1) is 16.3. The van der Waals surface area contributed by atoms with E-state index < -0.39 is 6.04 Å². The molecule has 0 radical (unpaired) electrons. The van der Waals surface area contributed by atoms with Crippen LogP contribution in [0.15, 0.2) is 48.5 Å². The Morgan fingerprint density at radius 2 is 1.59 bits per heavy atom. The lowest BCUT2D eigenvalue weighted by Gasteiger charge is -2.36. The zero-order valence-corrected chi connectivity index (χ0v) is 20.6. The number of ether oxygens (including phenoxy) is 1. The highest BCUT2D eigenvalue weighted by Crippen LogP contribution is 2.24. The molecule has 3 rings (SSSR count). The number of amides is 3. The van der Waals surface area contributed by atoms with Gasteiger partial charge in [-0.05, 0) is 80.6 Å². The Hall–Kier alpha value is -3.06. The zero-order chi connectivity index (χ0) is 24.7. The van der Waals surface area contributed by atoms with E-state index in [1.165, 1.54) is 0 Å². The number of rotatable bonds is 8. The van der Waals surface area contributed by atoms with Crippen molar-refractivity contribution in [1.82, 2.24) is 15.5 Å². The van der Waals surface area contributed by atoms with Crippen LogP contribution in [0.4, 0.5) is 0 Å². The maximum Gasteiger partial charge on any atom is 0.253 e. The van der Waals surface area contributed by atoms with Crippen molar-refractivity contribution in [2.45, 2.75) is 45.2 Å². The van der Waals surface area contributed by atoms with Gasteiger partial charge in [0, 0.05) is 35.3 Å². The van der Waals surface area contributed by atoms with Crippen LogP contribution in [-0.4, -0.2) is 54.9 Å². The van der Waals surface area contributed by atoms with Gasteiger partial charge in [-0.25, -0.2) is 0 Å². The van der Waals surface area contributed by atoms with E-state index in [0.29, 0.717) is 47.8 Å². The summed E-state index contributed by atoms with van der Waals surface area (Å²) in [7, 11) is 1.56. The zero-order valence-electron chi connectivity index (χ0n) is 19.8. The van der Waals surface area contributed by atoms with E-state index in [1.807, 2.05) is 13.8 Å². The van der Waals surface area contributed by atoms with Gasteiger partial charge in [0.15, 0.2) is 0 Å². The number of methoxy groups -OCH3 is 1. The van der Waals surface area contributed by atoms with Crippen molar-refractivity contribution in [3.8, 4) is 5.75 Å². The molecule has 2 aromatic carbocycles. The van der Waals surface area contributed by atoms with E-state index in [9.17, 15) is 14.4 Å². The van der Waals surface area contributed by atoms with E-state index in [-0.39, 0.29) is 29.7 Å². The van der Waals surface area contributed by atoms with Gasteiger partial charge in [-0.2, -0.15) is 0 Å². The van der Waals surface area contributed by atoms with E-state index in [0.717, 1.165) is 6.42 Å². The Morgan fingerprint density at radius 3 is 2.15 bits per heavy atom. The first-order valence-electron chi connectivity index (χ1n) is 11.6. The summed E-state index contributed by atoms with van der Waals surface area (Å²) >= 11 is 5.93. The van der Waals surface area contributed by atoms with Crippen molar-refractivity contribution in [3.63, 3.8) is 0 Å². The normalized spacial score (nSPS) is 15.8. The summed E-state index contributed by atoms with van der Waals surface area (Å²) < 4.78 is 5.15. The highest BCUT2D eigenvalue weighted by molar-refractivity contribution is 6.30. The molecule has 1 fully saturated rings. The molecule has 1 aliphatic heterocycles. The number of carbonyl (C=O) groups excluding carboxylic acids is 3. The van der Waals surface area contributed by atoms with Gasteiger partial charge in [-0.3, -0.25) is 14.4 Å². The Labute approximate surface area is 205 Å². The number of benzene rings is 2. The van der Waals surface area contributed by atoms with Crippen LogP contribution >= 0.6 is 11.6 Å². The first-order valence-corrected chi connectivity index (χ1v) is 12.0. The van der Waals surface area contributed by atoms with Gasteiger partial charge < -0.3 is 20.3 Å². The van der Waals surface area contributed by atoms with Crippen LogP contribution < -0.4 is 15.4 Å². The van der Waals surface area contributed by atoms with Crippen molar-refractivity contribution < 1.29 is 19.1 Å². The molecule has 1 saturated heterocycles. The summed E-state index contributed by atoms with van der Waals surface area (Å²) in [6.07, 6.45) is 2.01. The summed E-state index contributed by atoms with van der Waals surface area (Å²) in [6.45, 7) is 4.96. The minimum absolute atomic E-state index is 0.000500. The molecule has 3 amide bonds. The minimum atomic E-state index is -0.684. The second kappa shape index (κ2) is 11.9. The third-order valence-electron chi connectivity index (χ3n) is 6.31. The fraction of sp³-hybridized carbons (Fsp3) is 0.423. The summed E-state index contributed by atoms with van der Waals surface area (Å²) in [5, 5.41) is 6.52. The van der Waals surface area contributed by atoms with Crippen LogP contribution in [0.25, 0.3) is 0 Å². The number of nitrogens with zero attached hydrogens (tertiary/aromatic N) is 1. The molecular weight excluding hydrogens is 454 g/mol. The van der Waals surface area contributed by atoms with Gasteiger partial charge in [0.2, 0.25) is 5.91 Å². The van der Waals surface area contributed by atoms with Gasteiger partial charge in [0.05, 0.1) is 7.11 Å². The maximum absolute atomic E-state index is 13.1. The van der Waals surface area contributed by atoms with Crippen LogP contribution in [0.5, 0.6) is 5.75 Å². The van der Waals surface area contributed by atoms with Crippen molar-refractivity contribution >= 4 is 29.3 Å². The smallest absolute Gasteiger partial charge is 0.253 e. The number of halogens is 1. The molecule has 1 heterocycles. The number of piperidine rings is 1. The van der Waals surface area contributed by atoms with Crippen LogP contribution in [0.1, 0.15) is 53.8 Å². The molecule has 2 unspecified atom stereocenters. The van der Waals surface area contributed by atoms with Crippen LogP contribution in [0, 0.1) is 5.92 Å². The fourth-order valence-electron chi connectivity index (χ4n) is 4.01. The molecule has 1 aliphatic rings. The molecule has 0 spiro atoms. The Bertz CT molecular complexity index is 986. The van der Waals surface area contributed by atoms with E-state index in [4.69, 9.17) is 16.3 Å². The largest absolute Gasteiger partial charge is 0.497 e. The average Bonchev–Trinajstić information content (AvgIpc) is 2.87. The van der Waals surface area contributed by atoms with E-state index >= 15 is 0 Å². The van der Waals surface area contributed by atoms with Crippen molar-refractivity contribution in [1.29, 1.82) is 0 Å². The molecule has 34 heavy (non-hydrogen) atoms. The fourth-order valence-corrected chi connectivity index (χ4v) is 4.14. The standard InChI is InChI=1S/C26H32ClN3O4/c1-4-17(2)28-25(32)23(29-24(31)19-7-11-22(34-3)12-8-19)18-13-15-30(16-14-18)26(33)20-5-9-21(27)10-6-20/h5-12,17-18,23H,4,13-16H2,1-3H3,(H,28,32)(H,29,31). The lowest BCUT2D eigenvalue weighted by atomic mass is 9.88. The number of carbonyl (C=O) groups is 3. The lowest BCUT2D eigenvalue weighted by Crippen LogP contribution is -2.55. The lowest BCUT2D eigenvalue weighted by molar-refractivity contribution is -0.125. The number of hydrogen-bond donors (Lipinski definition) is 2. The van der Waals surface area contributed by atoms with Crippen molar-refractivity contribution in [2.75, 3.05) is 20.2 Å². The van der Waals surface area contributed by atoms with Gasteiger partial charge in [-0.15, -0.1) is 0 Å². The maximum atomic E-state index is 13.1. The molecule has 8 heteroatoms. The predicted octanol–water partition coefficient (Wildman–Crippen LogP) is 3.91. The van der Waals surface area contributed by atoms with E-state index in [2.05, 4.69) is 10.6 Å². The summed E-state index contributed by atoms with van der Waals surface area (Å²) in [4.78, 5) is 40.7. The molecule has 2 N–H and O–H groups in total. The second-order valence-corrected chi connectivity index (χ2v) is 9.07. The Morgan fingerprint density at radius 1 is 1.00 bits per heavy atom. The molecule has 0 bridgehead atoms. The van der Waals surface area contributed by atoms with Crippen LogP contribution in [-0.2, 0) is 4.79 Å². The molecule has 2 aromatic rings. The van der Waals surface area contributed by atoms with Gasteiger partial charge >= 0.3 is 0 Å². The summed E-state index contributed by atoms with van der Waals surface area (Å²) in [6, 6.07) is 12.9. The topological polar surface area (TPSA) is 87.7 Å². The predicted molar refractivity (Wildman–Crippen MR) is 132 cm³/mol. The average molecular weight is 486 g/mol. The van der Waals surface area contributed by atoms with Gasteiger partial charge in [0.1, 0.15) is 11.8 Å². The van der Waals surface area contributed by atoms with Crippen LogP contribution in [0.3, 0.4) is 0 Å². The van der Waals surface area contributed by atoms with Crippen molar-refractivity contribution in [2.24, 2.45) is 5.92 Å². The Kier molecular flexibility index (Phi) is 8.93. The van der Waals surface area contributed by atoms with Crippen LogP contribution in [0.2, 0.25) is 5.02 Å². The third kappa shape index (κ3) is 6.50. The molecular formula is C26H32ClN3O4. The first kappa shape index (κ1) is 25.6. The minimum Gasteiger partial charge on any atom is -0.497 e. The second-order valence-electron chi connectivity index (χ2n) is 8.63. The highest BCUT2D eigenvalue weighted by Gasteiger charge is 2.34. The molecule has 0 saturated carbocycles. The molecule has 2 atom stereocenters. The molecule has 182 valence electrons.